The first-order chi connectivity index (χ1) is 8.68. The Hall–Kier alpha value is -0.520. The van der Waals surface area contributed by atoms with Gasteiger partial charge in [0, 0.05) is 17.2 Å². The molecule has 1 aliphatic carbocycles. The van der Waals surface area contributed by atoms with Crippen molar-refractivity contribution in [3.8, 4) is 0 Å². The zero-order valence-corrected chi connectivity index (χ0v) is 12.0. The fraction of sp³-hybridized carbons (Fsp3) is 0.615. The lowest BCUT2D eigenvalue weighted by molar-refractivity contribution is -0.119. The van der Waals surface area contributed by atoms with Crippen molar-refractivity contribution in [3.05, 3.63) is 22.4 Å². The van der Waals surface area contributed by atoms with E-state index in [1.165, 1.54) is 4.88 Å². The number of nitrogens with one attached hydrogen (secondary N) is 1. The van der Waals surface area contributed by atoms with Crippen LogP contribution >= 0.6 is 23.1 Å². The van der Waals surface area contributed by atoms with Gasteiger partial charge in [0.05, 0.1) is 11.4 Å². The largest absolute Gasteiger partial charge is 0.388 e. The maximum atomic E-state index is 11.6. The highest BCUT2D eigenvalue weighted by atomic mass is 32.2. The van der Waals surface area contributed by atoms with Gasteiger partial charge < -0.3 is 10.4 Å². The Labute approximate surface area is 116 Å². The molecule has 0 atom stereocenters. The molecule has 1 aliphatic rings. The lowest BCUT2D eigenvalue weighted by atomic mass is 10.0. The molecule has 1 amide bonds. The average molecular weight is 285 g/mol. The van der Waals surface area contributed by atoms with E-state index in [1.54, 1.807) is 23.1 Å². The molecule has 1 aromatic rings. The first-order valence-corrected chi connectivity index (χ1v) is 8.31. The van der Waals surface area contributed by atoms with Crippen molar-refractivity contribution in [2.45, 2.75) is 37.0 Å². The van der Waals surface area contributed by atoms with Crippen molar-refractivity contribution in [2.24, 2.45) is 0 Å². The van der Waals surface area contributed by atoms with Crippen molar-refractivity contribution in [1.82, 2.24) is 5.32 Å². The fourth-order valence-corrected chi connectivity index (χ4v) is 3.86. The van der Waals surface area contributed by atoms with Crippen LogP contribution in [0.3, 0.4) is 0 Å². The number of rotatable bonds is 6. The van der Waals surface area contributed by atoms with Crippen molar-refractivity contribution < 1.29 is 9.90 Å². The highest BCUT2D eigenvalue weighted by Crippen LogP contribution is 2.28. The van der Waals surface area contributed by atoms with E-state index in [-0.39, 0.29) is 5.91 Å². The summed E-state index contributed by atoms with van der Waals surface area (Å²) in [6.07, 6.45) is 3.77. The number of amides is 1. The van der Waals surface area contributed by atoms with E-state index in [0.717, 1.165) is 31.4 Å². The highest BCUT2D eigenvalue weighted by molar-refractivity contribution is 7.99. The average Bonchev–Trinajstić information content (AvgIpc) is 2.99. The van der Waals surface area contributed by atoms with E-state index >= 15 is 0 Å². The lowest BCUT2D eigenvalue weighted by Crippen LogP contribution is -2.41. The van der Waals surface area contributed by atoms with Crippen LogP contribution in [0.1, 0.15) is 30.6 Å². The second-order valence-electron chi connectivity index (χ2n) is 4.78. The zero-order chi connectivity index (χ0) is 12.8. The van der Waals surface area contributed by atoms with Crippen LogP contribution in [0.15, 0.2) is 17.5 Å². The minimum absolute atomic E-state index is 0.0249. The Bertz CT molecular complexity index is 372. The summed E-state index contributed by atoms with van der Waals surface area (Å²) in [6, 6.07) is 4.10. The minimum atomic E-state index is -0.645. The molecule has 1 heterocycles. The standard InChI is InChI=1S/C13H19NO2S2/c15-12(9-17-8-11-4-3-7-18-11)14-10-13(16)5-1-2-6-13/h3-4,7,16H,1-2,5-6,8-10H2,(H,14,15). The van der Waals surface area contributed by atoms with Crippen LogP contribution in [-0.2, 0) is 10.5 Å². The summed E-state index contributed by atoms with van der Waals surface area (Å²) >= 11 is 3.33. The maximum absolute atomic E-state index is 11.6. The van der Waals surface area contributed by atoms with Gasteiger partial charge >= 0.3 is 0 Å². The number of aliphatic hydroxyl groups is 1. The van der Waals surface area contributed by atoms with Crippen LogP contribution in [0.4, 0.5) is 0 Å². The smallest absolute Gasteiger partial charge is 0.230 e. The molecule has 0 saturated heterocycles. The van der Waals surface area contributed by atoms with Gasteiger partial charge in [0.15, 0.2) is 0 Å². The summed E-state index contributed by atoms with van der Waals surface area (Å²) in [6.45, 7) is 0.408. The molecule has 0 spiro atoms. The van der Waals surface area contributed by atoms with Gasteiger partial charge in [-0.25, -0.2) is 0 Å². The van der Waals surface area contributed by atoms with Crippen LogP contribution in [0.25, 0.3) is 0 Å². The second-order valence-corrected chi connectivity index (χ2v) is 6.80. The molecule has 0 aliphatic heterocycles. The van der Waals surface area contributed by atoms with E-state index in [1.807, 2.05) is 11.4 Å². The van der Waals surface area contributed by atoms with E-state index in [0.29, 0.717) is 12.3 Å². The molecule has 18 heavy (non-hydrogen) atoms. The Morgan fingerprint density at radius 1 is 1.50 bits per heavy atom. The molecule has 0 unspecified atom stereocenters. The number of carbonyl (C=O) groups is 1. The molecule has 1 fully saturated rings. The summed E-state index contributed by atoms with van der Waals surface area (Å²) < 4.78 is 0. The first kappa shape index (κ1) is 13.9. The summed E-state index contributed by atoms with van der Waals surface area (Å²) in [4.78, 5) is 12.9. The molecule has 2 rings (SSSR count). The molecule has 1 aromatic heterocycles. The monoisotopic (exact) mass is 285 g/mol. The molecular weight excluding hydrogens is 266 g/mol. The fourth-order valence-electron chi connectivity index (χ4n) is 2.16. The van der Waals surface area contributed by atoms with Gasteiger partial charge in [0.25, 0.3) is 0 Å². The number of carbonyl (C=O) groups excluding carboxylic acids is 1. The summed E-state index contributed by atoms with van der Waals surface area (Å²) in [7, 11) is 0. The van der Waals surface area contributed by atoms with Gasteiger partial charge in [-0.3, -0.25) is 4.79 Å². The maximum Gasteiger partial charge on any atom is 0.230 e. The topological polar surface area (TPSA) is 49.3 Å². The Morgan fingerprint density at radius 3 is 2.94 bits per heavy atom. The molecule has 3 nitrogen and oxygen atoms in total. The van der Waals surface area contributed by atoms with Gasteiger partial charge in [-0.05, 0) is 24.3 Å². The molecule has 100 valence electrons. The van der Waals surface area contributed by atoms with Crippen LogP contribution in [0.5, 0.6) is 0 Å². The molecule has 0 bridgehead atoms. The molecule has 0 radical (unpaired) electrons. The Morgan fingerprint density at radius 2 is 2.28 bits per heavy atom. The van der Waals surface area contributed by atoms with E-state index in [9.17, 15) is 9.90 Å². The van der Waals surface area contributed by atoms with Gasteiger partial charge in [0.1, 0.15) is 0 Å². The quantitative estimate of drug-likeness (QED) is 0.844. The summed E-state index contributed by atoms with van der Waals surface area (Å²) in [5, 5.41) is 15.0. The lowest BCUT2D eigenvalue weighted by Gasteiger charge is -2.22. The number of hydrogen-bond acceptors (Lipinski definition) is 4. The third kappa shape index (κ3) is 4.30. The molecule has 5 heteroatoms. The summed E-state index contributed by atoms with van der Waals surface area (Å²) in [5.41, 5.74) is -0.645. The van der Waals surface area contributed by atoms with Gasteiger partial charge in [-0.1, -0.05) is 18.9 Å². The summed E-state index contributed by atoms with van der Waals surface area (Å²) in [5.74, 6) is 1.38. The third-order valence-electron chi connectivity index (χ3n) is 3.21. The number of thioether (sulfide) groups is 1. The predicted molar refractivity (Wildman–Crippen MR) is 76.9 cm³/mol. The van der Waals surface area contributed by atoms with Crippen LogP contribution in [0, 0.1) is 0 Å². The minimum Gasteiger partial charge on any atom is -0.388 e. The van der Waals surface area contributed by atoms with Crippen LogP contribution < -0.4 is 5.32 Å². The third-order valence-corrected chi connectivity index (χ3v) is 5.25. The van der Waals surface area contributed by atoms with Crippen molar-refractivity contribution in [2.75, 3.05) is 12.3 Å². The van der Waals surface area contributed by atoms with Crippen molar-refractivity contribution >= 4 is 29.0 Å². The molecular formula is C13H19NO2S2. The molecule has 0 aromatic carbocycles. The predicted octanol–water partition coefficient (Wildman–Crippen LogP) is 2.40. The van der Waals surface area contributed by atoms with Crippen molar-refractivity contribution in [3.63, 3.8) is 0 Å². The van der Waals surface area contributed by atoms with Gasteiger partial charge in [0.2, 0.25) is 5.91 Å². The second kappa shape index (κ2) is 6.59. The van der Waals surface area contributed by atoms with Crippen LogP contribution in [-0.4, -0.2) is 28.9 Å². The number of thiophene rings is 1. The molecule has 1 saturated carbocycles. The van der Waals surface area contributed by atoms with Gasteiger partial charge in [-0.15, -0.1) is 23.1 Å². The highest BCUT2D eigenvalue weighted by Gasteiger charge is 2.31. The Kier molecular flexibility index (Phi) is 5.09. The first-order valence-electron chi connectivity index (χ1n) is 6.27. The van der Waals surface area contributed by atoms with E-state index in [2.05, 4.69) is 11.4 Å². The SMILES string of the molecule is O=C(CSCc1cccs1)NCC1(O)CCCC1. The van der Waals surface area contributed by atoms with Gasteiger partial charge in [-0.2, -0.15) is 0 Å². The van der Waals surface area contributed by atoms with E-state index < -0.39 is 5.60 Å². The molecule has 2 N–H and O–H groups in total. The zero-order valence-electron chi connectivity index (χ0n) is 10.4. The van der Waals surface area contributed by atoms with E-state index in [4.69, 9.17) is 0 Å². The van der Waals surface area contributed by atoms with Crippen LogP contribution in [0.2, 0.25) is 0 Å². The normalized spacial score (nSPS) is 17.8. The Balaban J connectivity index is 1.60. The van der Waals surface area contributed by atoms with Crippen molar-refractivity contribution in [1.29, 1.82) is 0 Å². The number of hydrogen-bond donors (Lipinski definition) is 2.